The molecular formula is C22H23ClN6O2. The van der Waals surface area contributed by atoms with Crippen molar-refractivity contribution in [2.45, 2.75) is 13.5 Å². The predicted molar refractivity (Wildman–Crippen MR) is 120 cm³/mol. The number of hydrogen-bond donors (Lipinski definition) is 2. The molecule has 4 aromatic rings. The van der Waals surface area contributed by atoms with Gasteiger partial charge >= 0.3 is 0 Å². The van der Waals surface area contributed by atoms with Gasteiger partial charge in [-0.05, 0) is 42.8 Å². The molecule has 0 fully saturated rings. The van der Waals surface area contributed by atoms with Crippen molar-refractivity contribution in [3.05, 3.63) is 70.6 Å². The van der Waals surface area contributed by atoms with Crippen LogP contribution in [0.25, 0.3) is 11.0 Å². The fraction of sp³-hybridized carbons (Fsp3) is 0.227. The number of imidazole rings is 1. The zero-order valence-electron chi connectivity index (χ0n) is 17.3. The summed E-state index contributed by atoms with van der Waals surface area (Å²) in [4.78, 5) is 17.0. The second kappa shape index (κ2) is 8.69. The zero-order chi connectivity index (χ0) is 22.0. The van der Waals surface area contributed by atoms with Crippen LogP contribution in [0.1, 0.15) is 21.7 Å². The number of nitrogens with one attached hydrogen (secondary N) is 1. The third-order valence-corrected chi connectivity index (χ3v) is 5.24. The van der Waals surface area contributed by atoms with E-state index in [1.54, 1.807) is 35.1 Å². The first-order valence-electron chi connectivity index (χ1n) is 9.82. The summed E-state index contributed by atoms with van der Waals surface area (Å²) in [6.45, 7) is 3.09. The van der Waals surface area contributed by atoms with Crippen molar-refractivity contribution in [3.63, 3.8) is 0 Å². The lowest BCUT2D eigenvalue weighted by molar-refractivity contribution is 0.0947. The maximum absolute atomic E-state index is 12.5. The molecule has 2 aromatic heterocycles. The average Bonchev–Trinajstić information content (AvgIpc) is 3.24. The standard InChI is InChI=1S/C22H23ClN6O2/c1-14-26-19-10-15(6-7-20(19)28(14)2)12-29-13-18(21(24)27-29)22(30)25-8-9-31-17-5-3-4-16(23)11-17/h3-7,10-11,13H,8-9,12H2,1-2H3,(H2,24,27)(H,25,30). The van der Waals surface area contributed by atoms with Gasteiger partial charge in [0.15, 0.2) is 5.82 Å². The lowest BCUT2D eigenvalue weighted by atomic mass is 10.2. The Labute approximate surface area is 184 Å². The summed E-state index contributed by atoms with van der Waals surface area (Å²) in [5, 5.41) is 7.67. The van der Waals surface area contributed by atoms with E-state index >= 15 is 0 Å². The molecule has 0 unspecified atom stereocenters. The van der Waals surface area contributed by atoms with Crippen molar-refractivity contribution >= 4 is 34.4 Å². The number of amides is 1. The molecule has 0 radical (unpaired) electrons. The van der Waals surface area contributed by atoms with E-state index < -0.39 is 0 Å². The highest BCUT2D eigenvalue weighted by Gasteiger charge is 2.14. The Balaban J connectivity index is 1.36. The molecule has 0 saturated carbocycles. The largest absolute Gasteiger partial charge is 0.492 e. The zero-order valence-corrected chi connectivity index (χ0v) is 18.1. The molecule has 4 rings (SSSR count). The first-order chi connectivity index (χ1) is 14.9. The minimum absolute atomic E-state index is 0.183. The number of hydrogen-bond acceptors (Lipinski definition) is 5. The maximum Gasteiger partial charge on any atom is 0.256 e. The molecule has 0 aliphatic heterocycles. The molecule has 0 saturated heterocycles. The smallest absolute Gasteiger partial charge is 0.256 e. The van der Waals surface area contributed by atoms with Crippen molar-refractivity contribution in [1.82, 2.24) is 24.6 Å². The summed E-state index contributed by atoms with van der Waals surface area (Å²) in [5.74, 6) is 1.49. The molecule has 31 heavy (non-hydrogen) atoms. The number of carbonyl (C=O) groups is 1. The minimum Gasteiger partial charge on any atom is -0.492 e. The number of anilines is 1. The fourth-order valence-corrected chi connectivity index (χ4v) is 3.51. The highest BCUT2D eigenvalue weighted by molar-refractivity contribution is 6.30. The van der Waals surface area contributed by atoms with Crippen LogP contribution in [0, 0.1) is 6.92 Å². The number of benzene rings is 2. The van der Waals surface area contributed by atoms with Crippen LogP contribution in [0.3, 0.4) is 0 Å². The van der Waals surface area contributed by atoms with Crippen LogP contribution < -0.4 is 15.8 Å². The van der Waals surface area contributed by atoms with Gasteiger partial charge in [-0.25, -0.2) is 4.98 Å². The van der Waals surface area contributed by atoms with Gasteiger partial charge in [-0.3, -0.25) is 9.48 Å². The number of aryl methyl sites for hydroxylation is 2. The van der Waals surface area contributed by atoms with E-state index in [0.717, 1.165) is 22.4 Å². The lowest BCUT2D eigenvalue weighted by Crippen LogP contribution is -2.28. The average molecular weight is 439 g/mol. The number of halogens is 1. The first-order valence-corrected chi connectivity index (χ1v) is 10.2. The second-order valence-electron chi connectivity index (χ2n) is 7.23. The third-order valence-electron chi connectivity index (χ3n) is 5.00. The SMILES string of the molecule is Cc1nc2cc(Cn3cc(C(=O)NCCOc4cccc(Cl)c4)c(N)n3)ccc2n1C. The monoisotopic (exact) mass is 438 g/mol. The van der Waals surface area contributed by atoms with E-state index in [1.807, 2.05) is 36.7 Å². The molecule has 1 amide bonds. The molecule has 0 spiro atoms. The van der Waals surface area contributed by atoms with Crippen LogP contribution in [0.15, 0.2) is 48.7 Å². The maximum atomic E-state index is 12.5. The van der Waals surface area contributed by atoms with Crippen LogP contribution in [0.5, 0.6) is 5.75 Å². The van der Waals surface area contributed by atoms with Crippen LogP contribution in [-0.2, 0) is 13.6 Å². The van der Waals surface area contributed by atoms with Gasteiger partial charge in [-0.1, -0.05) is 23.7 Å². The van der Waals surface area contributed by atoms with Gasteiger partial charge in [0.2, 0.25) is 0 Å². The summed E-state index contributed by atoms with van der Waals surface area (Å²) in [6, 6.07) is 13.2. The highest BCUT2D eigenvalue weighted by Crippen LogP contribution is 2.18. The fourth-order valence-electron chi connectivity index (χ4n) is 3.33. The van der Waals surface area contributed by atoms with Gasteiger partial charge in [-0.15, -0.1) is 0 Å². The van der Waals surface area contributed by atoms with Crippen molar-refractivity contribution in [2.75, 3.05) is 18.9 Å². The van der Waals surface area contributed by atoms with E-state index in [1.165, 1.54) is 0 Å². The Kier molecular flexibility index (Phi) is 5.81. The van der Waals surface area contributed by atoms with E-state index in [2.05, 4.69) is 15.4 Å². The summed E-state index contributed by atoms with van der Waals surface area (Å²) >= 11 is 5.93. The Bertz CT molecular complexity index is 1250. The molecule has 0 aliphatic rings. The van der Waals surface area contributed by atoms with Crippen LogP contribution >= 0.6 is 11.6 Å². The molecule has 2 heterocycles. The van der Waals surface area contributed by atoms with Crippen LogP contribution in [0.4, 0.5) is 5.82 Å². The van der Waals surface area contributed by atoms with Gasteiger partial charge in [0, 0.05) is 18.3 Å². The molecule has 2 aromatic carbocycles. The quantitative estimate of drug-likeness (QED) is 0.432. The topological polar surface area (TPSA) is 100.0 Å². The summed E-state index contributed by atoms with van der Waals surface area (Å²) in [6.07, 6.45) is 1.65. The van der Waals surface area contributed by atoms with E-state index in [9.17, 15) is 4.79 Å². The second-order valence-corrected chi connectivity index (χ2v) is 7.66. The van der Waals surface area contributed by atoms with Gasteiger partial charge in [0.25, 0.3) is 5.91 Å². The Morgan fingerprint density at radius 1 is 1.26 bits per heavy atom. The number of ether oxygens (including phenoxy) is 1. The number of carbonyl (C=O) groups excluding carboxylic acids is 1. The number of nitrogen functional groups attached to an aromatic ring is 1. The highest BCUT2D eigenvalue weighted by atomic mass is 35.5. The summed E-state index contributed by atoms with van der Waals surface area (Å²) in [7, 11) is 1.99. The molecule has 0 atom stereocenters. The number of aromatic nitrogens is 4. The molecular weight excluding hydrogens is 416 g/mol. The minimum atomic E-state index is -0.297. The predicted octanol–water partition coefficient (Wildman–Crippen LogP) is 3.17. The third kappa shape index (κ3) is 4.64. The Hall–Kier alpha value is -3.52. The van der Waals surface area contributed by atoms with Gasteiger partial charge in [-0.2, -0.15) is 5.10 Å². The number of fused-ring (bicyclic) bond motifs is 1. The van der Waals surface area contributed by atoms with Gasteiger partial charge in [0.05, 0.1) is 24.1 Å². The molecule has 3 N–H and O–H groups in total. The van der Waals surface area contributed by atoms with Crippen LogP contribution in [0.2, 0.25) is 5.02 Å². The normalized spacial score (nSPS) is 11.1. The van der Waals surface area contributed by atoms with E-state index in [-0.39, 0.29) is 11.7 Å². The van der Waals surface area contributed by atoms with Crippen molar-refractivity contribution in [3.8, 4) is 5.75 Å². The van der Waals surface area contributed by atoms with E-state index in [0.29, 0.717) is 36.0 Å². The number of rotatable bonds is 7. The molecule has 8 nitrogen and oxygen atoms in total. The van der Waals surface area contributed by atoms with Crippen molar-refractivity contribution in [1.29, 1.82) is 0 Å². The number of nitrogens with zero attached hydrogens (tertiary/aromatic N) is 4. The molecule has 160 valence electrons. The van der Waals surface area contributed by atoms with Crippen LogP contribution in [-0.4, -0.2) is 38.4 Å². The van der Waals surface area contributed by atoms with Crippen molar-refractivity contribution in [2.24, 2.45) is 7.05 Å². The lowest BCUT2D eigenvalue weighted by Gasteiger charge is -2.07. The summed E-state index contributed by atoms with van der Waals surface area (Å²) in [5.41, 5.74) is 9.32. The molecule has 0 aliphatic carbocycles. The molecule has 0 bridgehead atoms. The van der Waals surface area contributed by atoms with Crippen molar-refractivity contribution < 1.29 is 9.53 Å². The Morgan fingerprint density at radius 2 is 2.10 bits per heavy atom. The van der Waals surface area contributed by atoms with Gasteiger partial charge < -0.3 is 20.4 Å². The summed E-state index contributed by atoms with van der Waals surface area (Å²) < 4.78 is 9.28. The Morgan fingerprint density at radius 3 is 2.90 bits per heavy atom. The van der Waals surface area contributed by atoms with E-state index in [4.69, 9.17) is 22.1 Å². The number of nitrogens with two attached hydrogens (primary N) is 1. The molecule has 9 heteroatoms. The van der Waals surface area contributed by atoms with Gasteiger partial charge in [0.1, 0.15) is 23.7 Å². The first kappa shape index (κ1) is 20.7.